The Morgan fingerprint density at radius 2 is 2.18 bits per heavy atom. The van der Waals surface area contributed by atoms with Crippen LogP contribution in [0, 0.1) is 5.41 Å². The van der Waals surface area contributed by atoms with Crippen LogP contribution in [0.2, 0.25) is 0 Å². The van der Waals surface area contributed by atoms with Gasteiger partial charge in [-0.05, 0) is 25.2 Å². The highest BCUT2D eigenvalue weighted by Gasteiger charge is 2.35. The first-order chi connectivity index (χ1) is 7.87. The van der Waals surface area contributed by atoms with Crippen LogP contribution in [0.5, 0.6) is 0 Å². The molecule has 0 saturated carbocycles. The maximum absolute atomic E-state index is 13.8. The van der Waals surface area contributed by atoms with E-state index < -0.39 is 12.3 Å². The van der Waals surface area contributed by atoms with E-state index in [0.717, 1.165) is 11.3 Å². The van der Waals surface area contributed by atoms with Crippen molar-refractivity contribution in [1.29, 1.82) is 0 Å². The molecule has 1 fully saturated rings. The second kappa shape index (κ2) is 5.47. The fourth-order valence-electron chi connectivity index (χ4n) is 1.84. The van der Waals surface area contributed by atoms with Crippen molar-refractivity contribution in [2.45, 2.75) is 46.3 Å². The van der Waals surface area contributed by atoms with E-state index in [1.807, 2.05) is 13.8 Å². The lowest BCUT2D eigenvalue weighted by atomic mass is 9.85. The molecule has 1 amide bonds. The van der Waals surface area contributed by atoms with Crippen LogP contribution in [-0.4, -0.2) is 36.2 Å². The summed E-state index contributed by atoms with van der Waals surface area (Å²) >= 11 is 0. The number of carbonyl (C=O) groups excluding carboxylic acids is 2. The van der Waals surface area contributed by atoms with E-state index in [0.29, 0.717) is 6.42 Å². The van der Waals surface area contributed by atoms with E-state index in [-0.39, 0.29) is 30.9 Å². The number of nitrogens with zero attached hydrogens (tertiary/aromatic N) is 1. The van der Waals surface area contributed by atoms with Gasteiger partial charge in [-0.25, -0.2) is 9.18 Å². The van der Waals surface area contributed by atoms with Crippen molar-refractivity contribution in [3.05, 3.63) is 0 Å². The summed E-state index contributed by atoms with van der Waals surface area (Å²) in [4.78, 5) is 24.0. The molecule has 0 aromatic rings. The number of halogens is 1. The van der Waals surface area contributed by atoms with Crippen molar-refractivity contribution in [3.8, 4) is 0 Å². The minimum atomic E-state index is -1.96. The number of carbonyl (C=O) groups is 2. The van der Waals surface area contributed by atoms with Crippen molar-refractivity contribution >= 4 is 11.9 Å². The standard InChI is InChI=1S/C12H20FNO3/c1-4-17-11(16)10(13)14-8-7-12(2,3)6-5-9(14)15/h10H,4-8H2,1-3H3. The fraction of sp³-hybridized carbons (Fsp3) is 0.833. The van der Waals surface area contributed by atoms with Crippen molar-refractivity contribution in [3.63, 3.8) is 0 Å². The number of likely N-dealkylation sites (tertiary alicyclic amines) is 1. The quantitative estimate of drug-likeness (QED) is 0.563. The van der Waals surface area contributed by atoms with Crippen LogP contribution in [0.1, 0.15) is 40.0 Å². The van der Waals surface area contributed by atoms with Gasteiger partial charge in [0.2, 0.25) is 5.91 Å². The predicted molar refractivity (Wildman–Crippen MR) is 60.9 cm³/mol. The molecule has 0 N–H and O–H groups in total. The molecule has 1 aliphatic rings. The molecule has 1 rings (SSSR count). The van der Waals surface area contributed by atoms with E-state index in [9.17, 15) is 14.0 Å². The third-order valence-corrected chi connectivity index (χ3v) is 3.12. The van der Waals surface area contributed by atoms with Gasteiger partial charge in [0.25, 0.3) is 6.30 Å². The normalized spacial score (nSPS) is 21.9. The van der Waals surface area contributed by atoms with Gasteiger partial charge in [0.15, 0.2) is 0 Å². The van der Waals surface area contributed by atoms with Gasteiger partial charge < -0.3 is 9.64 Å². The molecule has 17 heavy (non-hydrogen) atoms. The van der Waals surface area contributed by atoms with Gasteiger partial charge in [0.05, 0.1) is 6.61 Å². The molecule has 0 aromatic heterocycles. The van der Waals surface area contributed by atoms with E-state index in [2.05, 4.69) is 4.74 Å². The molecular weight excluding hydrogens is 225 g/mol. The highest BCUT2D eigenvalue weighted by molar-refractivity contribution is 5.83. The molecule has 5 heteroatoms. The average molecular weight is 245 g/mol. The molecule has 1 aliphatic heterocycles. The molecule has 0 aromatic carbocycles. The van der Waals surface area contributed by atoms with Crippen LogP contribution >= 0.6 is 0 Å². The zero-order valence-corrected chi connectivity index (χ0v) is 10.7. The van der Waals surface area contributed by atoms with Crippen LogP contribution in [0.25, 0.3) is 0 Å². The number of rotatable bonds is 3. The second-order valence-electron chi connectivity index (χ2n) is 5.09. The van der Waals surface area contributed by atoms with Gasteiger partial charge in [0, 0.05) is 13.0 Å². The third kappa shape index (κ3) is 3.68. The Labute approximate surface area is 101 Å². The van der Waals surface area contributed by atoms with Crippen molar-refractivity contribution in [2.75, 3.05) is 13.2 Å². The van der Waals surface area contributed by atoms with Gasteiger partial charge in [-0.3, -0.25) is 4.79 Å². The zero-order valence-electron chi connectivity index (χ0n) is 10.7. The minimum Gasteiger partial charge on any atom is -0.462 e. The van der Waals surface area contributed by atoms with Gasteiger partial charge in [-0.15, -0.1) is 0 Å². The molecule has 1 atom stereocenters. The molecule has 4 nitrogen and oxygen atoms in total. The van der Waals surface area contributed by atoms with Gasteiger partial charge >= 0.3 is 5.97 Å². The van der Waals surface area contributed by atoms with E-state index >= 15 is 0 Å². The molecule has 0 aliphatic carbocycles. The number of ether oxygens (including phenoxy) is 1. The second-order valence-corrected chi connectivity index (χ2v) is 5.09. The van der Waals surface area contributed by atoms with Crippen LogP contribution in [-0.2, 0) is 14.3 Å². The maximum atomic E-state index is 13.8. The zero-order chi connectivity index (χ0) is 13.1. The molecule has 1 heterocycles. The fourth-order valence-corrected chi connectivity index (χ4v) is 1.84. The summed E-state index contributed by atoms with van der Waals surface area (Å²) in [7, 11) is 0. The van der Waals surface area contributed by atoms with Gasteiger partial charge in [-0.1, -0.05) is 13.8 Å². The van der Waals surface area contributed by atoms with Crippen molar-refractivity contribution in [2.24, 2.45) is 5.41 Å². The lowest BCUT2D eigenvalue weighted by Gasteiger charge is -2.25. The van der Waals surface area contributed by atoms with Crippen LogP contribution in [0.15, 0.2) is 0 Å². The molecular formula is C12H20FNO3. The van der Waals surface area contributed by atoms with Crippen LogP contribution < -0.4 is 0 Å². The lowest BCUT2D eigenvalue weighted by molar-refractivity contribution is -0.162. The summed E-state index contributed by atoms with van der Waals surface area (Å²) in [5.74, 6) is -1.28. The van der Waals surface area contributed by atoms with Crippen LogP contribution in [0.3, 0.4) is 0 Å². The summed E-state index contributed by atoms with van der Waals surface area (Å²) in [6.45, 7) is 6.08. The molecule has 0 radical (unpaired) electrons. The number of amides is 1. The Morgan fingerprint density at radius 1 is 1.53 bits per heavy atom. The largest absolute Gasteiger partial charge is 0.462 e. The monoisotopic (exact) mass is 245 g/mol. The number of hydrogen-bond acceptors (Lipinski definition) is 3. The van der Waals surface area contributed by atoms with Crippen molar-refractivity contribution in [1.82, 2.24) is 4.90 Å². The summed E-state index contributed by atoms with van der Waals surface area (Å²) in [5, 5.41) is 0. The first-order valence-corrected chi connectivity index (χ1v) is 5.97. The molecule has 0 bridgehead atoms. The SMILES string of the molecule is CCOC(=O)C(F)N1CCC(C)(C)CCC1=O. The number of hydrogen-bond donors (Lipinski definition) is 0. The highest BCUT2D eigenvalue weighted by Crippen LogP contribution is 2.31. The average Bonchev–Trinajstić information content (AvgIpc) is 2.38. The molecule has 98 valence electrons. The first-order valence-electron chi connectivity index (χ1n) is 5.97. The van der Waals surface area contributed by atoms with Gasteiger partial charge in [0.1, 0.15) is 0 Å². The van der Waals surface area contributed by atoms with E-state index in [4.69, 9.17) is 0 Å². The molecule has 1 unspecified atom stereocenters. The summed E-state index contributed by atoms with van der Waals surface area (Å²) in [6, 6.07) is 0. The van der Waals surface area contributed by atoms with Gasteiger partial charge in [-0.2, -0.15) is 0 Å². The highest BCUT2D eigenvalue weighted by atomic mass is 19.1. The molecule has 0 spiro atoms. The Balaban J connectivity index is 2.69. The number of alkyl halides is 1. The summed E-state index contributed by atoms with van der Waals surface area (Å²) in [6.07, 6.45) is -0.264. The Kier molecular flexibility index (Phi) is 4.48. The minimum absolute atomic E-state index is 0.0127. The third-order valence-electron chi connectivity index (χ3n) is 3.12. The first kappa shape index (κ1) is 13.9. The Morgan fingerprint density at radius 3 is 2.76 bits per heavy atom. The number of esters is 1. The Hall–Kier alpha value is -1.13. The van der Waals surface area contributed by atoms with E-state index in [1.54, 1.807) is 6.92 Å². The topological polar surface area (TPSA) is 46.6 Å². The lowest BCUT2D eigenvalue weighted by Crippen LogP contribution is -2.43. The summed E-state index contributed by atoms with van der Waals surface area (Å²) in [5.41, 5.74) is 0.0127. The molecule has 1 saturated heterocycles. The van der Waals surface area contributed by atoms with Crippen LogP contribution in [0.4, 0.5) is 4.39 Å². The Bertz CT molecular complexity index is 304. The van der Waals surface area contributed by atoms with Crippen molar-refractivity contribution < 1.29 is 18.7 Å². The van der Waals surface area contributed by atoms with E-state index in [1.165, 1.54) is 0 Å². The summed E-state index contributed by atoms with van der Waals surface area (Å²) < 4.78 is 18.4. The maximum Gasteiger partial charge on any atom is 0.362 e. The predicted octanol–water partition coefficient (Wildman–Crippen LogP) is 1.88. The smallest absolute Gasteiger partial charge is 0.362 e.